The molecular formula is C64H89ClN6O16. The number of likely N-dealkylation sites (N-methyl/N-ethyl adjacent to an activating group) is 1. The lowest BCUT2D eigenvalue weighted by molar-refractivity contribution is -0.187. The van der Waals surface area contributed by atoms with Crippen LogP contribution in [0.3, 0.4) is 0 Å². The number of allylic oxidation sites excluding steroid dienone is 3. The molecule has 4 heterocycles. The molecule has 4 aliphatic heterocycles. The van der Waals surface area contributed by atoms with Crippen molar-refractivity contribution in [2.45, 2.75) is 173 Å². The van der Waals surface area contributed by atoms with Crippen LogP contribution in [0.4, 0.5) is 16.2 Å². The first-order chi connectivity index (χ1) is 41.1. The molecule has 0 spiro atoms. The van der Waals surface area contributed by atoms with Crippen molar-refractivity contribution in [3.05, 3.63) is 75.8 Å². The third kappa shape index (κ3) is 18.2. The zero-order valence-electron chi connectivity index (χ0n) is 52.2. The van der Waals surface area contributed by atoms with Crippen LogP contribution in [0.2, 0.25) is 5.02 Å². The molecule has 22 nitrogen and oxygen atoms in total. The monoisotopic (exact) mass is 1230 g/mol. The standard InChI is InChI=1S/C64H89ClN6O16/c1-37(2)46(33-45(73)18-13-12-17-39(4)72)59(77)68-47(19-15-23-67-62(66)80)50(74)32-43-21-22-44(31-48(43)71-24-26-84-27-25-71)60(78)69(8)41(6)61(79)86-54-34-55(75)70(9)49-29-42(30-51(82-10)57(49)65)28-38(3)16-14-20-53(83-11)64(81)35-52(85-56(76)36-64)40(5)58-63(54,7)87-58/h14,16,20-22,29-31,37,40-41,46-47,52-54,58,81H,12-13,15,17-19,23-28,32-36H2,1-11H3,(H,68,77)(H3,66,67,80)/b20-14+,38-16+/t40-,41+,46+,47+,52+,53-,54+,58+,63+,64-/m1/s1. The first-order valence-corrected chi connectivity index (χ1v) is 30.4. The quantitative estimate of drug-likeness (QED) is 0.0506. The number of methoxy groups -OCH3 is 2. The number of aliphatic hydroxyl groups is 1. The van der Waals surface area contributed by atoms with Gasteiger partial charge < -0.3 is 69.4 Å². The summed E-state index contributed by atoms with van der Waals surface area (Å²) in [4.78, 5) is 126. The number of morpholine rings is 1. The number of nitrogens with zero attached hydrogens (tertiary/aromatic N) is 3. The topological polar surface area (TPSA) is 292 Å². The van der Waals surface area contributed by atoms with Crippen molar-refractivity contribution in [3.8, 4) is 5.75 Å². The highest BCUT2D eigenvalue weighted by Crippen LogP contribution is 2.50. The number of carbonyl (C=O) groups excluding carboxylic acids is 9. The van der Waals surface area contributed by atoms with Crippen LogP contribution in [0, 0.1) is 17.8 Å². The van der Waals surface area contributed by atoms with Crippen LogP contribution in [0.15, 0.2) is 54.1 Å². The fraction of sp³-hybridized carbons (Fsp3) is 0.609. The van der Waals surface area contributed by atoms with Crippen molar-refractivity contribution in [3.63, 3.8) is 0 Å². The second-order valence-electron chi connectivity index (χ2n) is 24.2. The lowest BCUT2D eigenvalue weighted by Gasteiger charge is -2.41. The first-order valence-electron chi connectivity index (χ1n) is 30.0. The molecule has 0 unspecified atom stereocenters. The van der Waals surface area contributed by atoms with E-state index in [1.54, 1.807) is 63.4 Å². The van der Waals surface area contributed by atoms with Crippen molar-refractivity contribution in [2.24, 2.45) is 23.5 Å². The van der Waals surface area contributed by atoms with Gasteiger partial charge in [0.15, 0.2) is 5.78 Å². The number of anilines is 2. The van der Waals surface area contributed by atoms with Gasteiger partial charge in [-0.05, 0) is 101 Å². The Bertz CT molecular complexity index is 2930. The fourth-order valence-electron chi connectivity index (χ4n) is 11.7. The van der Waals surface area contributed by atoms with Gasteiger partial charge in [-0.15, -0.1) is 0 Å². The SMILES string of the molecule is COc1cc2cc(c1Cl)N(C)C(=O)C[C@H](OC(=O)[C@H](C)N(C)C(=O)c1ccc(CC(=O)[C@H](CCCNC(N)=O)NC(=O)[C@@H](CC(=O)CCCCC(C)=O)C(C)C)c(N3CCOCC3)c1)[C@]1(C)O[C@H]1[C@H](C)[C@@H]1C[C@@](O)(CC(=O)O1)[C@H](OC)/C=C/C=C(\C)C2. The minimum Gasteiger partial charge on any atom is -0.495 e. The van der Waals surface area contributed by atoms with E-state index in [2.05, 4.69) is 10.6 Å². The molecular weight excluding hydrogens is 1140 g/mol. The van der Waals surface area contributed by atoms with Crippen LogP contribution in [0.5, 0.6) is 5.75 Å². The van der Waals surface area contributed by atoms with E-state index in [9.17, 15) is 48.3 Å². The Morgan fingerprint density at radius 3 is 2.34 bits per heavy atom. The number of hydrogen-bond acceptors (Lipinski definition) is 17. The van der Waals surface area contributed by atoms with Crippen molar-refractivity contribution >= 4 is 76.0 Å². The summed E-state index contributed by atoms with van der Waals surface area (Å²) in [5.74, 6) is -4.77. The van der Waals surface area contributed by atoms with Gasteiger partial charge in [0.05, 0.1) is 51.0 Å². The molecule has 4 aliphatic rings. The van der Waals surface area contributed by atoms with Crippen molar-refractivity contribution < 1.29 is 76.7 Å². The molecule has 2 aromatic carbocycles. The highest BCUT2D eigenvalue weighted by Gasteiger charge is 2.64. The predicted molar refractivity (Wildman–Crippen MR) is 325 cm³/mol. The summed E-state index contributed by atoms with van der Waals surface area (Å²) >= 11 is 6.89. The number of ketones is 3. The summed E-state index contributed by atoms with van der Waals surface area (Å²) in [6.07, 6.45) is 3.00. The molecule has 5 amide bonds. The number of urea groups is 1. The fourth-order valence-corrected chi connectivity index (χ4v) is 12.0. The minimum atomic E-state index is -1.66. The van der Waals surface area contributed by atoms with Gasteiger partial charge >= 0.3 is 18.0 Å². The summed E-state index contributed by atoms with van der Waals surface area (Å²) in [6, 6.07) is 5.38. The molecule has 0 aromatic heterocycles. The number of carbonyl (C=O) groups is 9. The van der Waals surface area contributed by atoms with Gasteiger partial charge in [-0.2, -0.15) is 0 Å². The van der Waals surface area contributed by atoms with Gasteiger partial charge in [-0.1, -0.05) is 62.2 Å². The smallest absolute Gasteiger partial charge is 0.328 e. The second kappa shape index (κ2) is 31.0. The molecule has 4 bridgehead atoms. The summed E-state index contributed by atoms with van der Waals surface area (Å²) in [5, 5.41) is 17.7. The second-order valence-corrected chi connectivity index (χ2v) is 24.6. The number of nitrogens with two attached hydrogens (primary N) is 1. The Labute approximate surface area is 515 Å². The average Bonchev–Trinajstić information content (AvgIpc) is 1.64. The number of primary amides is 1. The predicted octanol–water partition coefficient (Wildman–Crippen LogP) is 6.34. The van der Waals surface area contributed by atoms with E-state index < -0.39 is 102 Å². The van der Waals surface area contributed by atoms with Crippen molar-refractivity contribution in [1.29, 1.82) is 0 Å². The largest absolute Gasteiger partial charge is 0.495 e. The number of ether oxygens (including phenoxy) is 6. The van der Waals surface area contributed by atoms with Crippen LogP contribution in [-0.4, -0.2) is 172 Å². The number of unbranched alkanes of at least 4 members (excludes halogenated alkanes) is 1. The zero-order chi connectivity index (χ0) is 64.1. The number of hydrogen-bond donors (Lipinski definition) is 4. The lowest BCUT2D eigenvalue weighted by atomic mass is 9.78. The van der Waals surface area contributed by atoms with E-state index in [0.717, 1.165) is 11.1 Å². The maximum absolute atomic E-state index is 14.7. The maximum atomic E-state index is 14.7. The Kier molecular flexibility index (Phi) is 24.7. The zero-order valence-corrected chi connectivity index (χ0v) is 53.0. The van der Waals surface area contributed by atoms with Crippen molar-refractivity contribution in [2.75, 3.05) is 71.0 Å². The normalized spacial score (nSPS) is 25.3. The Morgan fingerprint density at radius 1 is 0.989 bits per heavy atom. The number of halogens is 1. The number of fused-ring (bicyclic) bond motifs is 5. The number of nitrogens with one attached hydrogen (secondary N) is 2. The highest BCUT2D eigenvalue weighted by molar-refractivity contribution is 6.35. The number of epoxide rings is 1. The maximum Gasteiger partial charge on any atom is 0.328 e. The summed E-state index contributed by atoms with van der Waals surface area (Å²) in [7, 11) is 5.90. The summed E-state index contributed by atoms with van der Waals surface area (Å²) in [5.41, 5.74) is 5.57. The van der Waals surface area contributed by atoms with Crippen LogP contribution in [0.25, 0.3) is 0 Å². The van der Waals surface area contributed by atoms with E-state index in [4.69, 9.17) is 45.8 Å². The van der Waals surface area contributed by atoms with Crippen LogP contribution >= 0.6 is 11.6 Å². The van der Waals surface area contributed by atoms with Crippen LogP contribution in [0.1, 0.15) is 134 Å². The lowest BCUT2D eigenvalue weighted by Crippen LogP contribution is -2.53. The highest BCUT2D eigenvalue weighted by atomic mass is 35.5. The molecule has 478 valence electrons. The molecule has 3 fully saturated rings. The third-order valence-electron chi connectivity index (χ3n) is 17.3. The molecule has 2 aromatic rings. The van der Waals surface area contributed by atoms with Gasteiger partial charge in [0.1, 0.15) is 57.9 Å². The van der Waals surface area contributed by atoms with Crippen LogP contribution in [-0.2, 0) is 70.1 Å². The summed E-state index contributed by atoms with van der Waals surface area (Å²) < 4.78 is 35.7. The molecule has 87 heavy (non-hydrogen) atoms. The molecule has 3 saturated heterocycles. The van der Waals surface area contributed by atoms with Gasteiger partial charge in [0, 0.05) is 96.0 Å². The third-order valence-corrected chi connectivity index (χ3v) is 17.6. The van der Waals surface area contributed by atoms with Gasteiger partial charge in [-0.3, -0.25) is 28.8 Å². The Balaban J connectivity index is 1.26. The van der Waals surface area contributed by atoms with E-state index >= 15 is 0 Å². The van der Waals surface area contributed by atoms with E-state index in [1.807, 2.05) is 31.7 Å². The van der Waals surface area contributed by atoms with Gasteiger partial charge in [0.2, 0.25) is 11.8 Å². The number of Topliss-reactive ketones (excluding diaryl/α,β-unsaturated/α-hetero) is 3. The Morgan fingerprint density at radius 2 is 1.69 bits per heavy atom. The Hall–Kier alpha value is -6.72. The van der Waals surface area contributed by atoms with Crippen LogP contribution < -0.4 is 30.9 Å². The molecule has 6 rings (SSSR count). The van der Waals surface area contributed by atoms with Crippen molar-refractivity contribution in [1.82, 2.24) is 15.5 Å². The van der Waals surface area contributed by atoms with E-state index in [1.165, 1.54) is 44.9 Å². The summed E-state index contributed by atoms with van der Waals surface area (Å²) in [6.45, 7) is 13.7. The molecule has 10 atom stereocenters. The first kappa shape index (κ1) is 69.4. The van der Waals surface area contributed by atoms with Gasteiger partial charge in [0.25, 0.3) is 5.91 Å². The van der Waals surface area contributed by atoms with E-state index in [-0.39, 0.29) is 85.3 Å². The van der Waals surface area contributed by atoms with E-state index in [0.29, 0.717) is 74.7 Å². The molecule has 0 aliphatic carbocycles. The molecule has 23 heteroatoms. The average molecular weight is 1230 g/mol. The number of esters is 2. The van der Waals surface area contributed by atoms with Gasteiger partial charge in [-0.25, -0.2) is 9.59 Å². The molecule has 5 N–H and O–H groups in total. The molecule has 0 saturated carbocycles. The molecule has 0 radical (unpaired) electrons. The minimum absolute atomic E-state index is 0.0159. The number of amides is 5. The number of benzene rings is 2. The number of rotatable bonds is 24.